The van der Waals surface area contributed by atoms with Gasteiger partial charge in [-0.3, -0.25) is 4.79 Å². The number of allylic oxidation sites excluding steroid dienone is 3. The molecule has 0 unspecified atom stereocenters. The molecule has 174 valence electrons. The van der Waals surface area contributed by atoms with Gasteiger partial charge in [0.15, 0.2) is 0 Å². The zero-order chi connectivity index (χ0) is 22.8. The summed E-state index contributed by atoms with van der Waals surface area (Å²) < 4.78 is 5.62. The number of carbonyl (C=O) groups excluding carboxylic acids is 1. The summed E-state index contributed by atoms with van der Waals surface area (Å²) in [6.07, 6.45) is 10.1. The number of esters is 1. The molecule has 0 spiro atoms. The molecule has 0 bridgehead atoms. The molecule has 0 aliphatic heterocycles. The van der Waals surface area contributed by atoms with E-state index in [-0.39, 0.29) is 17.8 Å². The Bertz CT molecular complexity index is 743. The molecule has 0 aromatic rings. The van der Waals surface area contributed by atoms with E-state index < -0.39 is 17.8 Å². The average molecular weight is 433 g/mol. The van der Waals surface area contributed by atoms with Crippen LogP contribution in [0, 0.1) is 17.3 Å². The Morgan fingerprint density at radius 1 is 1.29 bits per heavy atom. The van der Waals surface area contributed by atoms with Crippen molar-refractivity contribution in [3.8, 4) is 0 Å². The summed E-state index contributed by atoms with van der Waals surface area (Å²) in [5, 5.41) is 29.9. The molecule has 3 saturated carbocycles. The fraction of sp³-hybridized carbons (Fsp3) is 0.731. The minimum absolute atomic E-state index is 0.127. The van der Waals surface area contributed by atoms with Gasteiger partial charge < -0.3 is 20.1 Å². The minimum Gasteiger partial charge on any atom is -0.465 e. The van der Waals surface area contributed by atoms with Gasteiger partial charge in [0.1, 0.15) is 0 Å². The molecule has 0 heterocycles. The summed E-state index contributed by atoms with van der Waals surface area (Å²) in [7, 11) is 0. The molecule has 3 rings (SSSR count). The minimum atomic E-state index is -0.850. The van der Waals surface area contributed by atoms with Crippen LogP contribution in [0.2, 0.25) is 0 Å². The van der Waals surface area contributed by atoms with E-state index in [1.54, 1.807) is 13.8 Å². The van der Waals surface area contributed by atoms with E-state index in [2.05, 4.69) is 25.7 Å². The van der Waals surface area contributed by atoms with E-state index >= 15 is 0 Å². The molecule has 5 nitrogen and oxygen atoms in total. The van der Waals surface area contributed by atoms with Crippen molar-refractivity contribution in [2.24, 2.45) is 17.3 Å². The van der Waals surface area contributed by atoms with Crippen molar-refractivity contribution in [2.75, 3.05) is 6.61 Å². The summed E-state index contributed by atoms with van der Waals surface area (Å²) in [6.45, 7) is 10.2. The van der Waals surface area contributed by atoms with Crippen molar-refractivity contribution < 1.29 is 24.9 Å². The van der Waals surface area contributed by atoms with Crippen LogP contribution in [0.1, 0.15) is 78.6 Å². The molecule has 0 aromatic heterocycles. The number of aliphatic hydroxyl groups is 3. The van der Waals surface area contributed by atoms with E-state index in [1.807, 2.05) is 0 Å². The van der Waals surface area contributed by atoms with Gasteiger partial charge in [0.25, 0.3) is 0 Å². The van der Waals surface area contributed by atoms with Crippen LogP contribution >= 0.6 is 0 Å². The fourth-order valence-electron chi connectivity index (χ4n) is 5.76. The Hall–Kier alpha value is -1.43. The highest BCUT2D eigenvalue weighted by atomic mass is 16.5. The lowest BCUT2D eigenvalue weighted by Gasteiger charge is -2.42. The molecular weight excluding hydrogens is 392 g/mol. The van der Waals surface area contributed by atoms with Crippen LogP contribution in [0.3, 0.4) is 0 Å². The summed E-state index contributed by atoms with van der Waals surface area (Å²) in [5.74, 6) is 0.608. The van der Waals surface area contributed by atoms with Gasteiger partial charge in [0.05, 0.1) is 24.4 Å². The number of rotatable bonds is 6. The molecular formula is C26H40O5. The number of carbonyl (C=O) groups is 1. The van der Waals surface area contributed by atoms with Crippen molar-refractivity contribution in [2.45, 2.75) is 96.4 Å². The van der Waals surface area contributed by atoms with Crippen LogP contribution in [0.5, 0.6) is 0 Å². The number of fused-ring (bicyclic) bond motifs is 1. The van der Waals surface area contributed by atoms with Crippen LogP contribution in [-0.2, 0) is 9.53 Å². The lowest BCUT2D eigenvalue weighted by molar-refractivity contribution is -0.147. The molecule has 3 fully saturated rings. The Balaban J connectivity index is 1.64. The maximum absolute atomic E-state index is 12.1. The molecule has 5 heteroatoms. The highest BCUT2D eigenvalue weighted by Crippen LogP contribution is 2.57. The first kappa shape index (κ1) is 24.2. The number of hydrogen-bond donors (Lipinski definition) is 3. The summed E-state index contributed by atoms with van der Waals surface area (Å²) in [5.41, 5.74) is 2.38. The Morgan fingerprint density at radius 2 is 2.03 bits per heavy atom. The Kier molecular flexibility index (Phi) is 7.50. The third-order valence-corrected chi connectivity index (χ3v) is 7.81. The van der Waals surface area contributed by atoms with Gasteiger partial charge >= 0.3 is 5.97 Å². The van der Waals surface area contributed by atoms with Crippen LogP contribution in [-0.4, -0.2) is 45.7 Å². The lowest BCUT2D eigenvalue weighted by Crippen LogP contribution is -2.35. The molecule has 0 radical (unpaired) electrons. The SMILES string of the molecule is C=C1/C(=C\C=C2/CCC[C@]3(C)[C@@H](COC(=O)CCC(C)(C)O)CC[C@@H]23)C[C@@H](O)C[C@@H]1O. The number of aliphatic hydroxyl groups excluding tert-OH is 2. The zero-order valence-corrected chi connectivity index (χ0v) is 19.4. The van der Waals surface area contributed by atoms with Gasteiger partial charge in [-0.15, -0.1) is 0 Å². The van der Waals surface area contributed by atoms with Crippen LogP contribution in [0.4, 0.5) is 0 Å². The van der Waals surface area contributed by atoms with Crippen molar-refractivity contribution in [1.82, 2.24) is 0 Å². The molecule has 31 heavy (non-hydrogen) atoms. The van der Waals surface area contributed by atoms with Gasteiger partial charge in [-0.25, -0.2) is 0 Å². The second-order valence-electron chi connectivity index (χ2n) is 10.7. The van der Waals surface area contributed by atoms with E-state index in [1.165, 1.54) is 5.57 Å². The standard InChI is InChI=1S/C26H40O5/c1-17-19(14-21(27)15-23(17)28)8-7-18-6-5-12-26(4)20(9-10-22(18)26)16-31-24(29)11-13-25(2,3)30/h7-8,20-23,27-28,30H,1,5-6,9-16H2,2-4H3/b18-7+,19-8-/t20-,21-,22+,23+,26-/m1/s1. The van der Waals surface area contributed by atoms with Gasteiger partial charge in [-0.2, -0.15) is 0 Å². The maximum atomic E-state index is 12.1. The van der Waals surface area contributed by atoms with Crippen LogP contribution in [0.15, 0.2) is 35.5 Å². The van der Waals surface area contributed by atoms with Gasteiger partial charge in [0, 0.05) is 12.8 Å². The molecule has 3 N–H and O–H groups in total. The monoisotopic (exact) mass is 432 g/mol. The van der Waals surface area contributed by atoms with E-state index in [0.717, 1.165) is 43.3 Å². The Labute approximate surface area is 186 Å². The second-order valence-corrected chi connectivity index (χ2v) is 10.7. The van der Waals surface area contributed by atoms with Crippen LogP contribution in [0.25, 0.3) is 0 Å². The Morgan fingerprint density at radius 3 is 2.74 bits per heavy atom. The summed E-state index contributed by atoms with van der Waals surface area (Å²) in [6, 6.07) is 0. The molecule has 0 saturated heterocycles. The van der Waals surface area contributed by atoms with Gasteiger partial charge in [-0.05, 0) is 87.2 Å². The highest BCUT2D eigenvalue weighted by molar-refractivity contribution is 5.69. The third-order valence-electron chi connectivity index (χ3n) is 7.81. The van der Waals surface area contributed by atoms with Gasteiger partial charge in [0.2, 0.25) is 0 Å². The third kappa shape index (κ3) is 5.88. The van der Waals surface area contributed by atoms with E-state index in [4.69, 9.17) is 4.74 Å². The zero-order valence-electron chi connectivity index (χ0n) is 19.4. The van der Waals surface area contributed by atoms with Crippen LogP contribution < -0.4 is 0 Å². The molecule has 0 aromatic carbocycles. The summed E-state index contributed by atoms with van der Waals surface area (Å²) >= 11 is 0. The number of hydrogen-bond acceptors (Lipinski definition) is 5. The van der Waals surface area contributed by atoms with Crippen molar-refractivity contribution in [3.63, 3.8) is 0 Å². The first-order valence-corrected chi connectivity index (χ1v) is 11.8. The average Bonchev–Trinajstić information content (AvgIpc) is 3.02. The molecule has 3 aliphatic rings. The smallest absolute Gasteiger partial charge is 0.305 e. The topological polar surface area (TPSA) is 87.0 Å². The second kappa shape index (κ2) is 9.60. The molecule has 0 amide bonds. The molecule has 5 atom stereocenters. The van der Waals surface area contributed by atoms with E-state index in [9.17, 15) is 20.1 Å². The van der Waals surface area contributed by atoms with Gasteiger partial charge in [-0.1, -0.05) is 31.2 Å². The largest absolute Gasteiger partial charge is 0.465 e. The van der Waals surface area contributed by atoms with Crippen molar-refractivity contribution in [1.29, 1.82) is 0 Å². The summed E-state index contributed by atoms with van der Waals surface area (Å²) in [4.78, 5) is 12.1. The predicted octanol–water partition coefficient (Wildman–Crippen LogP) is 4.22. The fourth-order valence-corrected chi connectivity index (χ4v) is 5.76. The first-order chi connectivity index (χ1) is 14.5. The lowest BCUT2D eigenvalue weighted by atomic mass is 9.63. The van der Waals surface area contributed by atoms with Crippen molar-refractivity contribution >= 4 is 5.97 Å². The van der Waals surface area contributed by atoms with Crippen molar-refractivity contribution in [3.05, 3.63) is 35.5 Å². The number of ether oxygens (including phenoxy) is 1. The molecule has 3 aliphatic carbocycles. The maximum Gasteiger partial charge on any atom is 0.305 e. The normalized spacial score (nSPS) is 36.6. The first-order valence-electron chi connectivity index (χ1n) is 11.8. The highest BCUT2D eigenvalue weighted by Gasteiger charge is 2.49. The predicted molar refractivity (Wildman–Crippen MR) is 121 cm³/mol. The van der Waals surface area contributed by atoms with E-state index in [0.29, 0.717) is 37.7 Å². The quantitative estimate of drug-likeness (QED) is 0.547.